The number of aromatic nitrogens is 1. The second-order valence-electron chi connectivity index (χ2n) is 7.22. The van der Waals surface area contributed by atoms with Gasteiger partial charge in [-0.1, -0.05) is 26.7 Å². The highest BCUT2D eigenvalue weighted by Gasteiger charge is 2.27. The highest BCUT2D eigenvalue weighted by Crippen LogP contribution is 2.29. The van der Waals surface area contributed by atoms with E-state index in [4.69, 9.17) is 4.74 Å². The van der Waals surface area contributed by atoms with Crippen LogP contribution in [0.1, 0.15) is 50.1 Å². The quantitative estimate of drug-likeness (QED) is 0.762. The first-order chi connectivity index (χ1) is 12.7. The minimum atomic E-state index is -0.139. The molecule has 1 aliphatic heterocycles. The number of morpholine rings is 1. The van der Waals surface area contributed by atoms with Crippen molar-refractivity contribution in [3.8, 4) is 0 Å². The molecular formula is C19H32N4O2S. The fourth-order valence-corrected chi connectivity index (χ4v) is 5.12. The molecule has 1 unspecified atom stereocenters. The van der Waals surface area contributed by atoms with E-state index in [9.17, 15) is 4.79 Å². The molecule has 1 atom stereocenters. The van der Waals surface area contributed by atoms with Crippen LogP contribution < -0.4 is 10.6 Å². The summed E-state index contributed by atoms with van der Waals surface area (Å²) < 4.78 is 5.49. The largest absolute Gasteiger partial charge is 0.379 e. The molecule has 7 heteroatoms. The highest BCUT2D eigenvalue weighted by atomic mass is 32.1. The van der Waals surface area contributed by atoms with E-state index in [0.717, 1.165) is 57.1 Å². The molecule has 1 fully saturated rings. The third-order valence-corrected chi connectivity index (χ3v) is 6.72. The van der Waals surface area contributed by atoms with Crippen molar-refractivity contribution in [2.45, 2.75) is 58.4 Å². The van der Waals surface area contributed by atoms with Gasteiger partial charge in [-0.05, 0) is 31.6 Å². The first kappa shape index (κ1) is 19.6. The standard InChI is InChI=1S/C19H32N4O2S/c1-3-14(4-2)16(23-9-11-25-12-10-23)13-20-18(24)22-19-21-15-7-5-6-8-17(15)26-19/h14,16H,3-13H2,1-2H3,(H2,20,21,22,24). The molecule has 0 saturated carbocycles. The number of carbonyl (C=O) groups excluding carboxylic acids is 1. The molecule has 2 amide bonds. The lowest BCUT2D eigenvalue weighted by atomic mass is 9.92. The van der Waals surface area contributed by atoms with E-state index in [1.54, 1.807) is 11.3 Å². The Hall–Kier alpha value is -1.18. The third kappa shape index (κ3) is 4.96. The lowest BCUT2D eigenvalue weighted by molar-refractivity contribution is 0.00247. The zero-order chi connectivity index (χ0) is 18.4. The average Bonchev–Trinajstić information content (AvgIpc) is 3.08. The van der Waals surface area contributed by atoms with E-state index < -0.39 is 0 Å². The molecule has 0 spiro atoms. The van der Waals surface area contributed by atoms with E-state index in [-0.39, 0.29) is 6.03 Å². The molecule has 1 saturated heterocycles. The average molecular weight is 381 g/mol. The smallest absolute Gasteiger partial charge is 0.321 e. The van der Waals surface area contributed by atoms with Crippen LogP contribution in [-0.4, -0.2) is 54.8 Å². The molecule has 0 radical (unpaired) electrons. The molecule has 1 aromatic rings. The van der Waals surface area contributed by atoms with E-state index in [1.165, 1.54) is 23.4 Å². The minimum absolute atomic E-state index is 0.139. The molecule has 2 heterocycles. The predicted octanol–water partition coefficient (Wildman–Crippen LogP) is 3.28. The molecule has 146 valence electrons. The Morgan fingerprint density at radius 2 is 1.96 bits per heavy atom. The van der Waals surface area contributed by atoms with Gasteiger partial charge < -0.3 is 10.1 Å². The van der Waals surface area contributed by atoms with Gasteiger partial charge in [-0.25, -0.2) is 9.78 Å². The summed E-state index contributed by atoms with van der Waals surface area (Å²) in [6, 6.07) is 0.226. The number of nitrogens with one attached hydrogen (secondary N) is 2. The monoisotopic (exact) mass is 380 g/mol. The van der Waals surface area contributed by atoms with Gasteiger partial charge >= 0.3 is 6.03 Å². The minimum Gasteiger partial charge on any atom is -0.379 e. The number of nitrogens with zero attached hydrogens (tertiary/aromatic N) is 2. The van der Waals surface area contributed by atoms with Crippen molar-refractivity contribution in [2.75, 3.05) is 38.2 Å². The number of urea groups is 1. The van der Waals surface area contributed by atoms with Crippen LogP contribution in [0.5, 0.6) is 0 Å². The van der Waals surface area contributed by atoms with Crippen LogP contribution in [0.3, 0.4) is 0 Å². The SMILES string of the molecule is CCC(CC)C(CNC(=O)Nc1nc2c(s1)CCCC2)N1CCOCC1. The highest BCUT2D eigenvalue weighted by molar-refractivity contribution is 7.15. The molecule has 0 bridgehead atoms. The normalized spacial score (nSPS) is 19.2. The number of carbonyl (C=O) groups is 1. The fraction of sp³-hybridized carbons (Fsp3) is 0.789. The molecule has 1 aliphatic carbocycles. The maximum absolute atomic E-state index is 12.4. The van der Waals surface area contributed by atoms with Crippen molar-refractivity contribution in [3.05, 3.63) is 10.6 Å². The van der Waals surface area contributed by atoms with Gasteiger partial charge in [0, 0.05) is 30.6 Å². The van der Waals surface area contributed by atoms with Gasteiger partial charge in [-0.3, -0.25) is 10.2 Å². The van der Waals surface area contributed by atoms with Crippen LogP contribution in [0.2, 0.25) is 0 Å². The summed E-state index contributed by atoms with van der Waals surface area (Å²) in [6.07, 6.45) is 6.84. The molecule has 0 aromatic carbocycles. The number of thiazole rings is 1. The first-order valence-corrected chi connectivity index (χ1v) is 10.9. The molecule has 2 N–H and O–H groups in total. The van der Waals surface area contributed by atoms with Gasteiger partial charge in [0.05, 0.1) is 18.9 Å². The van der Waals surface area contributed by atoms with Crippen LogP contribution in [0.25, 0.3) is 0 Å². The van der Waals surface area contributed by atoms with Gasteiger partial charge in [0.15, 0.2) is 5.13 Å². The molecule has 6 nitrogen and oxygen atoms in total. The number of ether oxygens (including phenoxy) is 1. The number of fused-ring (bicyclic) bond motifs is 1. The van der Waals surface area contributed by atoms with E-state index in [0.29, 0.717) is 18.5 Å². The van der Waals surface area contributed by atoms with Crippen molar-refractivity contribution in [1.82, 2.24) is 15.2 Å². The second-order valence-corrected chi connectivity index (χ2v) is 8.31. The van der Waals surface area contributed by atoms with E-state index in [1.807, 2.05) is 0 Å². The Labute approximate surface area is 160 Å². The fourth-order valence-electron chi connectivity index (χ4n) is 4.08. The first-order valence-electron chi connectivity index (χ1n) is 10.1. The third-order valence-electron chi connectivity index (χ3n) is 5.65. The van der Waals surface area contributed by atoms with Crippen LogP contribution in [0, 0.1) is 5.92 Å². The summed E-state index contributed by atoms with van der Waals surface area (Å²) in [7, 11) is 0. The number of hydrogen-bond acceptors (Lipinski definition) is 5. The molecule has 1 aromatic heterocycles. The summed E-state index contributed by atoms with van der Waals surface area (Å²) in [5, 5.41) is 6.77. The summed E-state index contributed by atoms with van der Waals surface area (Å²) in [5.41, 5.74) is 1.18. The zero-order valence-electron chi connectivity index (χ0n) is 16.1. The number of amides is 2. The molecular weight excluding hydrogens is 348 g/mol. The predicted molar refractivity (Wildman–Crippen MR) is 106 cm³/mol. The van der Waals surface area contributed by atoms with Gasteiger partial charge in [0.2, 0.25) is 0 Å². The van der Waals surface area contributed by atoms with Crippen LogP contribution in [-0.2, 0) is 17.6 Å². The molecule has 26 heavy (non-hydrogen) atoms. The van der Waals surface area contributed by atoms with Crippen molar-refractivity contribution >= 4 is 22.5 Å². The Balaban J connectivity index is 1.55. The Bertz CT molecular complexity index is 559. The molecule has 3 rings (SSSR count). The van der Waals surface area contributed by atoms with Crippen LogP contribution in [0.15, 0.2) is 0 Å². The number of rotatable bonds is 7. The zero-order valence-corrected chi connectivity index (χ0v) is 16.9. The molecule has 2 aliphatic rings. The summed E-state index contributed by atoms with van der Waals surface area (Å²) >= 11 is 1.63. The maximum Gasteiger partial charge on any atom is 0.321 e. The van der Waals surface area contributed by atoms with E-state index in [2.05, 4.69) is 34.4 Å². The van der Waals surface area contributed by atoms with Gasteiger partial charge in [0.25, 0.3) is 0 Å². The van der Waals surface area contributed by atoms with Crippen molar-refractivity contribution in [3.63, 3.8) is 0 Å². The maximum atomic E-state index is 12.4. The summed E-state index contributed by atoms with van der Waals surface area (Å²) in [6.45, 7) is 8.61. The van der Waals surface area contributed by atoms with Gasteiger partial charge in [-0.2, -0.15) is 0 Å². The number of aryl methyl sites for hydroxylation is 2. The van der Waals surface area contributed by atoms with Crippen molar-refractivity contribution in [2.24, 2.45) is 5.92 Å². The lowest BCUT2D eigenvalue weighted by Crippen LogP contribution is -2.52. The van der Waals surface area contributed by atoms with Gasteiger partial charge in [0.1, 0.15) is 0 Å². The van der Waals surface area contributed by atoms with Crippen LogP contribution in [0.4, 0.5) is 9.93 Å². The van der Waals surface area contributed by atoms with Crippen molar-refractivity contribution in [1.29, 1.82) is 0 Å². The van der Waals surface area contributed by atoms with Crippen LogP contribution >= 0.6 is 11.3 Å². The lowest BCUT2D eigenvalue weighted by Gasteiger charge is -2.38. The number of hydrogen-bond donors (Lipinski definition) is 2. The Morgan fingerprint density at radius 1 is 1.23 bits per heavy atom. The summed E-state index contributed by atoms with van der Waals surface area (Å²) in [5.74, 6) is 0.584. The topological polar surface area (TPSA) is 66.5 Å². The second kappa shape index (κ2) is 9.67. The summed E-state index contributed by atoms with van der Waals surface area (Å²) in [4.78, 5) is 20.8. The van der Waals surface area contributed by atoms with Crippen molar-refractivity contribution < 1.29 is 9.53 Å². The Morgan fingerprint density at radius 3 is 2.65 bits per heavy atom. The van der Waals surface area contributed by atoms with E-state index >= 15 is 0 Å². The Kier molecular flexibility index (Phi) is 7.28. The van der Waals surface area contributed by atoms with Gasteiger partial charge in [-0.15, -0.1) is 11.3 Å². The number of anilines is 1.